The molecule has 0 saturated carbocycles. The number of nitrogens with zero attached hydrogens (tertiary/aromatic N) is 2. The Hall–Kier alpha value is -1.36. The molecule has 0 aliphatic rings. The Labute approximate surface area is 102 Å². The van der Waals surface area contributed by atoms with E-state index in [9.17, 15) is 4.79 Å². The maximum atomic E-state index is 12.0. The van der Waals surface area contributed by atoms with Crippen LogP contribution < -0.4 is 5.73 Å². The molecule has 1 atom stereocenters. The Morgan fingerprint density at radius 3 is 2.47 bits per heavy atom. The predicted molar refractivity (Wildman–Crippen MR) is 65.3 cm³/mol. The zero-order chi connectivity index (χ0) is 13.2. The maximum Gasteiger partial charge on any atom is 0.239 e. The van der Waals surface area contributed by atoms with Crippen LogP contribution in [0, 0.1) is 19.8 Å². The van der Waals surface area contributed by atoms with E-state index in [0.717, 1.165) is 17.0 Å². The maximum absolute atomic E-state index is 12.0. The number of nitrogens with two attached hydrogens (primary N) is 1. The number of aromatic nitrogens is 1. The standard InChI is InChI=1S/C12H21N3O2/c1-7(2)11(13)12(16)15(5)6-10-8(3)14-17-9(10)4/h7,11H,6,13H2,1-5H3/t11-/m0/s1. The van der Waals surface area contributed by atoms with Gasteiger partial charge in [0.05, 0.1) is 18.3 Å². The van der Waals surface area contributed by atoms with Gasteiger partial charge in [-0.3, -0.25) is 4.79 Å². The summed E-state index contributed by atoms with van der Waals surface area (Å²) in [6.07, 6.45) is 0. The van der Waals surface area contributed by atoms with Gasteiger partial charge >= 0.3 is 0 Å². The molecule has 1 aromatic heterocycles. The number of hydrogen-bond donors (Lipinski definition) is 1. The molecule has 0 aliphatic carbocycles. The molecule has 2 N–H and O–H groups in total. The number of likely N-dealkylation sites (N-methyl/N-ethyl adjacent to an activating group) is 1. The molecule has 17 heavy (non-hydrogen) atoms. The molecule has 1 heterocycles. The highest BCUT2D eigenvalue weighted by Crippen LogP contribution is 2.15. The van der Waals surface area contributed by atoms with Crippen LogP contribution in [0.2, 0.25) is 0 Å². The first-order chi connectivity index (χ1) is 7.84. The van der Waals surface area contributed by atoms with E-state index in [1.54, 1.807) is 11.9 Å². The SMILES string of the molecule is Cc1noc(C)c1CN(C)C(=O)[C@@H](N)C(C)C. The average Bonchev–Trinajstić information content (AvgIpc) is 2.58. The Balaban J connectivity index is 2.73. The summed E-state index contributed by atoms with van der Waals surface area (Å²) >= 11 is 0. The predicted octanol–water partition coefficient (Wildman–Crippen LogP) is 1.23. The van der Waals surface area contributed by atoms with Gasteiger partial charge in [0, 0.05) is 12.6 Å². The van der Waals surface area contributed by atoms with Crippen LogP contribution in [0.1, 0.15) is 30.9 Å². The first kappa shape index (κ1) is 13.7. The number of carbonyl (C=O) groups is 1. The van der Waals surface area contributed by atoms with E-state index in [0.29, 0.717) is 6.54 Å². The van der Waals surface area contributed by atoms with Crippen molar-refractivity contribution in [2.45, 2.75) is 40.3 Å². The van der Waals surface area contributed by atoms with Crippen molar-refractivity contribution in [1.29, 1.82) is 0 Å². The Morgan fingerprint density at radius 1 is 1.47 bits per heavy atom. The topological polar surface area (TPSA) is 72.4 Å². The molecule has 0 aliphatic heterocycles. The van der Waals surface area contributed by atoms with Crippen molar-refractivity contribution < 1.29 is 9.32 Å². The number of aryl methyl sites for hydroxylation is 2. The van der Waals surface area contributed by atoms with Crippen LogP contribution >= 0.6 is 0 Å². The van der Waals surface area contributed by atoms with E-state index in [-0.39, 0.29) is 11.8 Å². The van der Waals surface area contributed by atoms with Crippen molar-refractivity contribution in [3.05, 3.63) is 17.0 Å². The molecule has 1 aromatic rings. The summed E-state index contributed by atoms with van der Waals surface area (Å²) in [5.41, 5.74) is 7.61. The zero-order valence-electron chi connectivity index (χ0n) is 11.2. The molecule has 0 aromatic carbocycles. The Bertz CT molecular complexity index is 379. The summed E-state index contributed by atoms with van der Waals surface area (Å²) < 4.78 is 5.06. The molecule has 0 spiro atoms. The summed E-state index contributed by atoms with van der Waals surface area (Å²) in [5.74, 6) is 0.829. The largest absolute Gasteiger partial charge is 0.361 e. The fraction of sp³-hybridized carbons (Fsp3) is 0.667. The van der Waals surface area contributed by atoms with Gasteiger partial charge in [-0.1, -0.05) is 19.0 Å². The van der Waals surface area contributed by atoms with Crippen LogP contribution in [0.25, 0.3) is 0 Å². The third-order valence-electron chi connectivity index (χ3n) is 2.96. The van der Waals surface area contributed by atoms with E-state index in [1.807, 2.05) is 27.7 Å². The van der Waals surface area contributed by atoms with Gasteiger partial charge in [-0.05, 0) is 19.8 Å². The second kappa shape index (κ2) is 5.31. The van der Waals surface area contributed by atoms with Crippen LogP contribution in [0.15, 0.2) is 4.52 Å². The number of rotatable bonds is 4. The molecule has 0 saturated heterocycles. The lowest BCUT2D eigenvalue weighted by Crippen LogP contribution is -2.44. The molecular formula is C12H21N3O2. The van der Waals surface area contributed by atoms with Gasteiger partial charge in [-0.2, -0.15) is 0 Å². The van der Waals surface area contributed by atoms with Crippen molar-refractivity contribution in [2.24, 2.45) is 11.7 Å². The summed E-state index contributed by atoms with van der Waals surface area (Å²) in [4.78, 5) is 13.6. The van der Waals surface area contributed by atoms with Gasteiger partial charge in [0.2, 0.25) is 5.91 Å². The van der Waals surface area contributed by atoms with E-state index in [4.69, 9.17) is 10.3 Å². The average molecular weight is 239 g/mol. The summed E-state index contributed by atoms with van der Waals surface area (Å²) in [7, 11) is 1.75. The second-order valence-corrected chi connectivity index (χ2v) is 4.77. The third-order valence-corrected chi connectivity index (χ3v) is 2.96. The van der Waals surface area contributed by atoms with Gasteiger partial charge < -0.3 is 15.2 Å². The highest BCUT2D eigenvalue weighted by atomic mass is 16.5. The van der Waals surface area contributed by atoms with Crippen LogP contribution in [-0.2, 0) is 11.3 Å². The normalized spacial score (nSPS) is 12.9. The number of hydrogen-bond acceptors (Lipinski definition) is 4. The minimum Gasteiger partial charge on any atom is -0.361 e. The fourth-order valence-corrected chi connectivity index (χ4v) is 1.58. The van der Waals surface area contributed by atoms with Crippen molar-refractivity contribution in [2.75, 3.05) is 7.05 Å². The summed E-state index contributed by atoms with van der Waals surface area (Å²) in [5, 5.41) is 3.86. The Morgan fingerprint density at radius 2 is 2.06 bits per heavy atom. The van der Waals surface area contributed by atoms with Crippen LogP contribution in [0.3, 0.4) is 0 Å². The molecule has 0 fully saturated rings. The van der Waals surface area contributed by atoms with Gasteiger partial charge in [0.25, 0.3) is 0 Å². The molecule has 5 nitrogen and oxygen atoms in total. The first-order valence-electron chi connectivity index (χ1n) is 5.77. The highest BCUT2D eigenvalue weighted by molar-refractivity contribution is 5.81. The third kappa shape index (κ3) is 3.06. The lowest BCUT2D eigenvalue weighted by molar-refractivity contribution is -0.132. The van der Waals surface area contributed by atoms with Crippen molar-refractivity contribution in [3.63, 3.8) is 0 Å². The number of carbonyl (C=O) groups excluding carboxylic acids is 1. The number of amides is 1. The van der Waals surface area contributed by atoms with E-state index in [1.165, 1.54) is 0 Å². The van der Waals surface area contributed by atoms with Crippen LogP contribution in [0.4, 0.5) is 0 Å². The molecule has 5 heteroatoms. The minimum absolute atomic E-state index is 0.0556. The smallest absolute Gasteiger partial charge is 0.239 e. The van der Waals surface area contributed by atoms with Gasteiger partial charge in [-0.15, -0.1) is 0 Å². The van der Waals surface area contributed by atoms with Gasteiger partial charge in [-0.25, -0.2) is 0 Å². The molecule has 0 radical (unpaired) electrons. The molecular weight excluding hydrogens is 218 g/mol. The first-order valence-corrected chi connectivity index (χ1v) is 5.77. The summed E-state index contributed by atoms with van der Waals surface area (Å²) in [6, 6.07) is -0.458. The minimum atomic E-state index is -0.458. The van der Waals surface area contributed by atoms with Crippen LogP contribution in [-0.4, -0.2) is 29.1 Å². The summed E-state index contributed by atoms with van der Waals surface area (Å²) in [6.45, 7) is 8.07. The molecule has 1 rings (SSSR count). The lowest BCUT2D eigenvalue weighted by atomic mass is 10.0. The van der Waals surface area contributed by atoms with Crippen LogP contribution in [0.5, 0.6) is 0 Å². The van der Waals surface area contributed by atoms with E-state index >= 15 is 0 Å². The highest BCUT2D eigenvalue weighted by Gasteiger charge is 2.22. The molecule has 96 valence electrons. The van der Waals surface area contributed by atoms with Crippen molar-refractivity contribution in [1.82, 2.24) is 10.1 Å². The monoisotopic (exact) mass is 239 g/mol. The second-order valence-electron chi connectivity index (χ2n) is 4.77. The molecule has 0 bridgehead atoms. The van der Waals surface area contributed by atoms with Crippen molar-refractivity contribution >= 4 is 5.91 Å². The van der Waals surface area contributed by atoms with Gasteiger partial charge in [0.1, 0.15) is 5.76 Å². The lowest BCUT2D eigenvalue weighted by Gasteiger charge is -2.23. The van der Waals surface area contributed by atoms with Crippen molar-refractivity contribution in [3.8, 4) is 0 Å². The fourth-order valence-electron chi connectivity index (χ4n) is 1.58. The van der Waals surface area contributed by atoms with Gasteiger partial charge in [0.15, 0.2) is 0 Å². The zero-order valence-corrected chi connectivity index (χ0v) is 11.2. The Kier molecular flexibility index (Phi) is 4.28. The van der Waals surface area contributed by atoms with E-state index in [2.05, 4.69) is 5.16 Å². The molecule has 1 amide bonds. The quantitative estimate of drug-likeness (QED) is 0.857. The van der Waals surface area contributed by atoms with E-state index < -0.39 is 6.04 Å². The molecule has 0 unspecified atom stereocenters.